The molecule has 2 rings (SSSR count). The molecule has 17 heavy (non-hydrogen) atoms. The molecule has 0 aromatic carbocycles. The second-order valence-electron chi connectivity index (χ2n) is 4.05. The Balaban J connectivity index is 2.87. The zero-order valence-corrected chi connectivity index (χ0v) is 10.0. The smallest absolute Gasteiger partial charge is 0.203 e. The SMILES string of the molecule is CCn1c(C)c(C(C)=O)c2c1C(=O)C=CC2=O. The molecule has 1 aliphatic rings. The third-order valence-corrected chi connectivity index (χ3v) is 3.06. The first-order valence-electron chi connectivity index (χ1n) is 5.49. The molecule has 0 saturated heterocycles. The first-order chi connectivity index (χ1) is 7.99. The topological polar surface area (TPSA) is 56.1 Å². The van der Waals surface area contributed by atoms with Crippen LogP contribution in [-0.2, 0) is 6.54 Å². The van der Waals surface area contributed by atoms with Crippen molar-refractivity contribution in [2.45, 2.75) is 27.3 Å². The monoisotopic (exact) mass is 231 g/mol. The van der Waals surface area contributed by atoms with E-state index in [1.807, 2.05) is 6.92 Å². The lowest BCUT2D eigenvalue weighted by Crippen LogP contribution is -2.15. The molecule has 0 N–H and O–H groups in total. The first-order valence-corrected chi connectivity index (χ1v) is 5.49. The van der Waals surface area contributed by atoms with Crippen LogP contribution in [0.2, 0.25) is 0 Å². The van der Waals surface area contributed by atoms with E-state index in [-0.39, 0.29) is 22.9 Å². The Morgan fingerprint density at radius 1 is 1.24 bits per heavy atom. The number of Topliss-reactive ketones (excluding diaryl/α,β-unsaturated/α-hetero) is 1. The molecule has 0 bridgehead atoms. The van der Waals surface area contributed by atoms with E-state index < -0.39 is 0 Å². The molecule has 0 aliphatic heterocycles. The molecule has 0 unspecified atom stereocenters. The molecule has 1 heterocycles. The van der Waals surface area contributed by atoms with Gasteiger partial charge in [0.2, 0.25) is 5.78 Å². The van der Waals surface area contributed by atoms with Crippen molar-refractivity contribution in [2.24, 2.45) is 0 Å². The van der Waals surface area contributed by atoms with E-state index in [4.69, 9.17) is 0 Å². The molecule has 4 heteroatoms. The standard InChI is InChI=1S/C13H13NO3/c1-4-14-7(2)11(8(3)15)12-9(16)5-6-10(17)13(12)14/h5-6H,4H2,1-3H3. The average Bonchev–Trinajstić information content (AvgIpc) is 2.57. The molecule has 88 valence electrons. The molecular weight excluding hydrogens is 218 g/mol. The van der Waals surface area contributed by atoms with Gasteiger partial charge in [-0.2, -0.15) is 0 Å². The van der Waals surface area contributed by atoms with Crippen molar-refractivity contribution in [3.05, 3.63) is 34.7 Å². The molecule has 0 spiro atoms. The Labute approximate surface area is 98.9 Å². The van der Waals surface area contributed by atoms with Crippen molar-refractivity contribution >= 4 is 17.3 Å². The summed E-state index contributed by atoms with van der Waals surface area (Å²) in [6.45, 7) is 5.62. The van der Waals surface area contributed by atoms with Crippen LogP contribution in [0.3, 0.4) is 0 Å². The minimum absolute atomic E-state index is 0.178. The fraction of sp³-hybridized carbons (Fsp3) is 0.308. The van der Waals surface area contributed by atoms with Crippen LogP contribution in [0.4, 0.5) is 0 Å². The van der Waals surface area contributed by atoms with E-state index in [2.05, 4.69) is 0 Å². The van der Waals surface area contributed by atoms with E-state index in [0.29, 0.717) is 23.5 Å². The Kier molecular flexibility index (Phi) is 2.58. The molecule has 1 aromatic heterocycles. The summed E-state index contributed by atoms with van der Waals surface area (Å²) in [5.41, 5.74) is 1.69. The normalized spacial score (nSPS) is 14.1. The molecule has 4 nitrogen and oxygen atoms in total. The molecule has 0 amide bonds. The minimum atomic E-state index is -0.264. The zero-order chi connectivity index (χ0) is 12.7. The van der Waals surface area contributed by atoms with Crippen molar-refractivity contribution in [3.63, 3.8) is 0 Å². The summed E-state index contributed by atoms with van der Waals surface area (Å²) >= 11 is 0. The average molecular weight is 231 g/mol. The van der Waals surface area contributed by atoms with Crippen molar-refractivity contribution in [3.8, 4) is 0 Å². The van der Waals surface area contributed by atoms with Gasteiger partial charge >= 0.3 is 0 Å². The quantitative estimate of drug-likeness (QED) is 0.731. The fourth-order valence-corrected chi connectivity index (χ4v) is 2.37. The summed E-state index contributed by atoms with van der Waals surface area (Å²) in [4.78, 5) is 35.3. The molecule has 0 atom stereocenters. The Bertz CT molecular complexity index is 576. The third-order valence-electron chi connectivity index (χ3n) is 3.06. The van der Waals surface area contributed by atoms with Crippen LogP contribution in [0.5, 0.6) is 0 Å². The van der Waals surface area contributed by atoms with Gasteiger partial charge in [-0.15, -0.1) is 0 Å². The highest BCUT2D eigenvalue weighted by Crippen LogP contribution is 2.27. The summed E-state index contributed by atoms with van der Waals surface area (Å²) in [5.74, 6) is -0.653. The molecule has 0 saturated carbocycles. The lowest BCUT2D eigenvalue weighted by Gasteiger charge is -2.09. The van der Waals surface area contributed by atoms with E-state index >= 15 is 0 Å². The Morgan fingerprint density at radius 2 is 1.82 bits per heavy atom. The van der Waals surface area contributed by atoms with Gasteiger partial charge in [-0.05, 0) is 32.9 Å². The highest BCUT2D eigenvalue weighted by molar-refractivity contribution is 6.25. The van der Waals surface area contributed by atoms with Crippen molar-refractivity contribution < 1.29 is 14.4 Å². The predicted molar refractivity (Wildman–Crippen MR) is 62.6 cm³/mol. The van der Waals surface area contributed by atoms with Crippen LogP contribution < -0.4 is 0 Å². The molecule has 0 radical (unpaired) electrons. The highest BCUT2D eigenvalue weighted by atomic mass is 16.1. The summed E-state index contributed by atoms with van der Waals surface area (Å²) < 4.78 is 1.73. The summed E-state index contributed by atoms with van der Waals surface area (Å²) in [5, 5.41) is 0. The highest BCUT2D eigenvalue weighted by Gasteiger charge is 2.31. The van der Waals surface area contributed by atoms with Gasteiger partial charge < -0.3 is 4.57 Å². The second kappa shape index (κ2) is 3.80. The summed E-state index contributed by atoms with van der Waals surface area (Å²) in [7, 11) is 0. The van der Waals surface area contributed by atoms with Crippen LogP contribution in [0.25, 0.3) is 0 Å². The number of carbonyl (C=O) groups is 3. The number of hydrogen-bond acceptors (Lipinski definition) is 3. The Hall–Kier alpha value is -1.97. The molecule has 1 aromatic rings. The van der Waals surface area contributed by atoms with Gasteiger partial charge in [0.15, 0.2) is 11.6 Å². The minimum Gasteiger partial charge on any atom is -0.341 e. The number of fused-ring (bicyclic) bond motifs is 1. The van der Waals surface area contributed by atoms with Gasteiger partial charge in [0.25, 0.3) is 0 Å². The summed E-state index contributed by atoms with van der Waals surface area (Å²) in [6, 6.07) is 0. The number of carbonyl (C=O) groups excluding carboxylic acids is 3. The number of aromatic nitrogens is 1. The van der Waals surface area contributed by atoms with Crippen LogP contribution in [-0.4, -0.2) is 21.9 Å². The van der Waals surface area contributed by atoms with Gasteiger partial charge in [0.1, 0.15) is 5.69 Å². The number of nitrogens with zero attached hydrogens (tertiary/aromatic N) is 1. The van der Waals surface area contributed by atoms with Crippen molar-refractivity contribution in [2.75, 3.05) is 0 Å². The van der Waals surface area contributed by atoms with Gasteiger partial charge in [0.05, 0.1) is 5.56 Å². The lowest BCUT2D eigenvalue weighted by molar-refractivity contribution is 0.0978. The maximum Gasteiger partial charge on any atom is 0.203 e. The van der Waals surface area contributed by atoms with E-state index in [1.165, 1.54) is 19.1 Å². The molecular formula is C13H13NO3. The fourth-order valence-electron chi connectivity index (χ4n) is 2.37. The van der Waals surface area contributed by atoms with Gasteiger partial charge in [-0.1, -0.05) is 0 Å². The third kappa shape index (κ3) is 1.48. The number of rotatable bonds is 2. The van der Waals surface area contributed by atoms with Crippen LogP contribution >= 0.6 is 0 Å². The van der Waals surface area contributed by atoms with Gasteiger partial charge in [0, 0.05) is 17.8 Å². The first kappa shape index (κ1) is 11.5. The van der Waals surface area contributed by atoms with E-state index in [0.717, 1.165) is 0 Å². The maximum atomic E-state index is 11.8. The van der Waals surface area contributed by atoms with Gasteiger partial charge in [-0.3, -0.25) is 14.4 Å². The lowest BCUT2D eigenvalue weighted by atomic mass is 9.96. The van der Waals surface area contributed by atoms with E-state index in [9.17, 15) is 14.4 Å². The van der Waals surface area contributed by atoms with Crippen LogP contribution in [0.15, 0.2) is 12.2 Å². The van der Waals surface area contributed by atoms with Crippen molar-refractivity contribution in [1.29, 1.82) is 0 Å². The Morgan fingerprint density at radius 3 is 2.35 bits per heavy atom. The number of ketones is 3. The number of hydrogen-bond donors (Lipinski definition) is 0. The zero-order valence-electron chi connectivity index (χ0n) is 10.0. The molecule has 0 fully saturated rings. The molecule has 1 aliphatic carbocycles. The maximum absolute atomic E-state index is 11.8. The summed E-state index contributed by atoms with van der Waals surface area (Å²) in [6.07, 6.45) is 2.50. The second-order valence-corrected chi connectivity index (χ2v) is 4.05. The number of allylic oxidation sites excluding steroid dienone is 2. The predicted octanol–water partition coefficient (Wildman–Crippen LogP) is 1.95. The van der Waals surface area contributed by atoms with Crippen LogP contribution in [0.1, 0.15) is 50.7 Å². The van der Waals surface area contributed by atoms with Gasteiger partial charge in [-0.25, -0.2) is 0 Å². The van der Waals surface area contributed by atoms with E-state index in [1.54, 1.807) is 11.5 Å². The largest absolute Gasteiger partial charge is 0.341 e. The van der Waals surface area contributed by atoms with Crippen LogP contribution in [0, 0.1) is 6.92 Å². The van der Waals surface area contributed by atoms with Crippen molar-refractivity contribution in [1.82, 2.24) is 4.57 Å².